The summed E-state index contributed by atoms with van der Waals surface area (Å²) in [5.41, 5.74) is 5.61. The molecule has 0 aromatic carbocycles. The van der Waals surface area contributed by atoms with Crippen LogP contribution in [0.15, 0.2) is 16.5 Å². The third-order valence-corrected chi connectivity index (χ3v) is 2.11. The van der Waals surface area contributed by atoms with Gasteiger partial charge in [-0.3, -0.25) is 0 Å². The average molecular weight is 197 g/mol. The number of aryl methyl sites for hydroxylation is 1. The molecule has 80 valence electrons. The quantitative estimate of drug-likeness (QED) is 0.712. The largest absolute Gasteiger partial charge is 0.464 e. The summed E-state index contributed by atoms with van der Waals surface area (Å²) in [5.74, 6) is 1.73. The van der Waals surface area contributed by atoms with E-state index in [1.54, 1.807) is 0 Å². The summed E-state index contributed by atoms with van der Waals surface area (Å²) in [6, 6.07) is 3.86. The Kier molecular flexibility index (Phi) is 4.70. The zero-order valence-corrected chi connectivity index (χ0v) is 8.95. The Morgan fingerprint density at radius 2 is 2.29 bits per heavy atom. The molecule has 1 unspecified atom stereocenters. The van der Waals surface area contributed by atoms with Crippen molar-refractivity contribution in [2.45, 2.75) is 32.8 Å². The molecule has 0 radical (unpaired) electrons. The summed E-state index contributed by atoms with van der Waals surface area (Å²) in [6.07, 6.45) is 2.11. The highest BCUT2D eigenvalue weighted by molar-refractivity contribution is 5.08. The highest BCUT2D eigenvalue weighted by Gasteiger charge is 2.13. The number of ether oxygens (including phenoxy) is 1. The maximum Gasteiger partial charge on any atom is 0.134 e. The topological polar surface area (TPSA) is 48.4 Å². The van der Waals surface area contributed by atoms with Crippen molar-refractivity contribution < 1.29 is 9.15 Å². The van der Waals surface area contributed by atoms with E-state index in [0.717, 1.165) is 31.0 Å². The van der Waals surface area contributed by atoms with Gasteiger partial charge in [-0.2, -0.15) is 0 Å². The van der Waals surface area contributed by atoms with Gasteiger partial charge in [0.25, 0.3) is 0 Å². The highest BCUT2D eigenvalue weighted by Crippen LogP contribution is 2.19. The molecule has 2 N–H and O–H groups in total. The number of nitrogens with two attached hydrogens (primary N) is 1. The Labute approximate surface area is 85.2 Å². The minimum Gasteiger partial charge on any atom is -0.464 e. The standard InChI is InChI=1S/C11H19NO2/c1-3-4-7-13-11(8-12)10-6-5-9(2)14-10/h5-6,11H,3-4,7-8,12H2,1-2H3. The molecule has 0 aliphatic rings. The second kappa shape index (κ2) is 5.83. The molecule has 1 atom stereocenters. The van der Waals surface area contributed by atoms with Crippen LogP contribution in [-0.4, -0.2) is 13.2 Å². The molecule has 0 fully saturated rings. The van der Waals surface area contributed by atoms with Gasteiger partial charge in [0.15, 0.2) is 0 Å². The van der Waals surface area contributed by atoms with Crippen molar-refractivity contribution >= 4 is 0 Å². The fourth-order valence-electron chi connectivity index (χ4n) is 1.26. The SMILES string of the molecule is CCCCOC(CN)c1ccc(C)o1. The van der Waals surface area contributed by atoms with Crippen LogP contribution in [0.3, 0.4) is 0 Å². The molecule has 3 heteroatoms. The first-order chi connectivity index (χ1) is 6.77. The van der Waals surface area contributed by atoms with E-state index in [4.69, 9.17) is 14.9 Å². The van der Waals surface area contributed by atoms with Crippen LogP contribution < -0.4 is 5.73 Å². The molecule has 0 saturated heterocycles. The van der Waals surface area contributed by atoms with Crippen molar-refractivity contribution in [3.8, 4) is 0 Å². The normalized spacial score (nSPS) is 13.1. The molecule has 3 nitrogen and oxygen atoms in total. The molecule has 1 rings (SSSR count). The second-order valence-electron chi connectivity index (χ2n) is 3.40. The van der Waals surface area contributed by atoms with Gasteiger partial charge in [-0.15, -0.1) is 0 Å². The summed E-state index contributed by atoms with van der Waals surface area (Å²) in [5, 5.41) is 0. The third-order valence-electron chi connectivity index (χ3n) is 2.11. The minimum atomic E-state index is -0.0877. The van der Waals surface area contributed by atoms with E-state index < -0.39 is 0 Å². The molecule has 1 heterocycles. The van der Waals surface area contributed by atoms with Gasteiger partial charge in [0.05, 0.1) is 0 Å². The molecule has 1 aromatic heterocycles. The van der Waals surface area contributed by atoms with Gasteiger partial charge in [-0.1, -0.05) is 13.3 Å². The van der Waals surface area contributed by atoms with Gasteiger partial charge >= 0.3 is 0 Å². The molecule has 0 aliphatic carbocycles. The Hall–Kier alpha value is -0.800. The van der Waals surface area contributed by atoms with E-state index in [2.05, 4.69) is 6.92 Å². The first-order valence-corrected chi connectivity index (χ1v) is 5.16. The monoisotopic (exact) mass is 197 g/mol. The van der Waals surface area contributed by atoms with Crippen molar-refractivity contribution in [3.05, 3.63) is 23.7 Å². The van der Waals surface area contributed by atoms with E-state index in [1.807, 2.05) is 19.1 Å². The Morgan fingerprint density at radius 3 is 2.79 bits per heavy atom. The fraction of sp³-hybridized carbons (Fsp3) is 0.636. The fourth-order valence-corrected chi connectivity index (χ4v) is 1.26. The summed E-state index contributed by atoms with van der Waals surface area (Å²) >= 11 is 0. The van der Waals surface area contributed by atoms with Gasteiger partial charge < -0.3 is 14.9 Å². The van der Waals surface area contributed by atoms with Crippen molar-refractivity contribution in [1.29, 1.82) is 0 Å². The molecule has 1 aromatic rings. The molecule has 0 amide bonds. The third kappa shape index (κ3) is 3.16. The lowest BCUT2D eigenvalue weighted by molar-refractivity contribution is 0.0415. The number of hydrogen-bond donors (Lipinski definition) is 1. The lowest BCUT2D eigenvalue weighted by atomic mass is 10.2. The van der Waals surface area contributed by atoms with E-state index in [9.17, 15) is 0 Å². The molecule has 0 aliphatic heterocycles. The molecule has 0 spiro atoms. The van der Waals surface area contributed by atoms with Crippen LogP contribution in [-0.2, 0) is 4.74 Å². The van der Waals surface area contributed by atoms with Gasteiger partial charge in [0, 0.05) is 13.2 Å². The first-order valence-electron chi connectivity index (χ1n) is 5.16. The van der Waals surface area contributed by atoms with Crippen molar-refractivity contribution in [1.82, 2.24) is 0 Å². The predicted molar refractivity (Wildman–Crippen MR) is 56.1 cm³/mol. The zero-order chi connectivity index (χ0) is 10.4. The number of unbranched alkanes of at least 4 members (excludes halogenated alkanes) is 1. The number of rotatable bonds is 6. The average Bonchev–Trinajstić information content (AvgIpc) is 2.60. The van der Waals surface area contributed by atoms with Crippen LogP contribution in [0.4, 0.5) is 0 Å². The van der Waals surface area contributed by atoms with E-state index in [-0.39, 0.29) is 6.10 Å². The van der Waals surface area contributed by atoms with Crippen LogP contribution in [0.25, 0.3) is 0 Å². The lowest BCUT2D eigenvalue weighted by Gasteiger charge is -2.12. The summed E-state index contributed by atoms with van der Waals surface area (Å²) in [6.45, 7) is 5.27. The maximum absolute atomic E-state index is 5.61. The zero-order valence-electron chi connectivity index (χ0n) is 8.95. The summed E-state index contributed by atoms with van der Waals surface area (Å²) in [4.78, 5) is 0. The maximum atomic E-state index is 5.61. The highest BCUT2D eigenvalue weighted by atomic mass is 16.5. The van der Waals surface area contributed by atoms with E-state index in [0.29, 0.717) is 6.54 Å². The van der Waals surface area contributed by atoms with Crippen LogP contribution in [0, 0.1) is 6.92 Å². The van der Waals surface area contributed by atoms with Gasteiger partial charge in [-0.05, 0) is 25.5 Å². The second-order valence-corrected chi connectivity index (χ2v) is 3.40. The van der Waals surface area contributed by atoms with Crippen molar-refractivity contribution in [2.24, 2.45) is 5.73 Å². The number of hydrogen-bond acceptors (Lipinski definition) is 3. The Bertz CT molecular complexity index is 258. The van der Waals surface area contributed by atoms with E-state index >= 15 is 0 Å². The predicted octanol–water partition coefficient (Wildman–Crippen LogP) is 2.40. The van der Waals surface area contributed by atoms with Gasteiger partial charge in [-0.25, -0.2) is 0 Å². The molecular weight excluding hydrogens is 178 g/mol. The van der Waals surface area contributed by atoms with Crippen molar-refractivity contribution in [2.75, 3.05) is 13.2 Å². The molecule has 0 bridgehead atoms. The molecular formula is C11H19NO2. The first kappa shape index (κ1) is 11.3. The summed E-state index contributed by atoms with van der Waals surface area (Å²) < 4.78 is 11.1. The van der Waals surface area contributed by atoms with Gasteiger partial charge in [0.1, 0.15) is 17.6 Å². The Morgan fingerprint density at radius 1 is 1.50 bits per heavy atom. The lowest BCUT2D eigenvalue weighted by Crippen LogP contribution is -2.15. The molecule has 0 saturated carbocycles. The van der Waals surface area contributed by atoms with Crippen LogP contribution in [0.2, 0.25) is 0 Å². The van der Waals surface area contributed by atoms with Crippen LogP contribution >= 0.6 is 0 Å². The number of furan rings is 1. The van der Waals surface area contributed by atoms with Crippen LogP contribution in [0.5, 0.6) is 0 Å². The van der Waals surface area contributed by atoms with E-state index in [1.165, 1.54) is 0 Å². The van der Waals surface area contributed by atoms with Crippen molar-refractivity contribution in [3.63, 3.8) is 0 Å². The minimum absolute atomic E-state index is 0.0877. The molecule has 14 heavy (non-hydrogen) atoms. The van der Waals surface area contributed by atoms with Gasteiger partial charge in [0.2, 0.25) is 0 Å². The summed E-state index contributed by atoms with van der Waals surface area (Å²) in [7, 11) is 0. The Balaban J connectivity index is 2.45. The van der Waals surface area contributed by atoms with Crippen LogP contribution in [0.1, 0.15) is 37.4 Å². The smallest absolute Gasteiger partial charge is 0.134 e.